The molecular weight excluding hydrogens is 440 g/mol. The highest BCUT2D eigenvalue weighted by Gasteiger charge is 2.27. The number of rotatable bonds is 6. The molecule has 1 saturated heterocycles. The maximum absolute atomic E-state index is 12.3. The number of aromatic amines is 1. The summed E-state index contributed by atoms with van der Waals surface area (Å²) in [6, 6.07) is 2.02. The van der Waals surface area contributed by atoms with Crippen LogP contribution in [0.5, 0.6) is 5.75 Å². The Labute approximate surface area is 205 Å². The fourth-order valence-electron chi connectivity index (χ4n) is 5.57. The number of hydrogen-bond donors (Lipinski definition) is 1. The summed E-state index contributed by atoms with van der Waals surface area (Å²) in [5, 5.41) is 5.59. The van der Waals surface area contributed by atoms with Gasteiger partial charge in [0.15, 0.2) is 11.4 Å². The number of nitrogens with one attached hydrogen (secondary N) is 1. The molecule has 5 heterocycles. The summed E-state index contributed by atoms with van der Waals surface area (Å²) in [6.45, 7) is 10.4. The monoisotopic (exact) mass is 474 g/mol. The van der Waals surface area contributed by atoms with Gasteiger partial charge in [-0.1, -0.05) is 20.8 Å². The van der Waals surface area contributed by atoms with Gasteiger partial charge in [-0.25, -0.2) is 9.50 Å². The number of aromatic nitrogens is 5. The summed E-state index contributed by atoms with van der Waals surface area (Å²) in [5.74, 6) is 1.64. The fourth-order valence-corrected chi connectivity index (χ4v) is 5.57. The molecule has 1 fully saturated rings. The number of likely N-dealkylation sites (tertiary alicyclic amines) is 1. The van der Waals surface area contributed by atoms with E-state index in [0.29, 0.717) is 29.7 Å². The van der Waals surface area contributed by atoms with Gasteiger partial charge in [0.05, 0.1) is 24.5 Å². The maximum atomic E-state index is 12.3. The van der Waals surface area contributed by atoms with E-state index in [0.717, 1.165) is 54.8 Å². The molecule has 0 unspecified atom stereocenters. The second-order valence-corrected chi connectivity index (χ2v) is 9.86. The summed E-state index contributed by atoms with van der Waals surface area (Å²) in [5.41, 5.74) is 7.48. The molecule has 0 bridgehead atoms. The van der Waals surface area contributed by atoms with Crippen LogP contribution in [0.1, 0.15) is 75.1 Å². The Bertz CT molecular complexity index is 1380. The van der Waals surface area contributed by atoms with Crippen LogP contribution in [-0.2, 0) is 4.79 Å². The van der Waals surface area contributed by atoms with Crippen LogP contribution in [0.2, 0.25) is 0 Å². The lowest BCUT2D eigenvalue weighted by Crippen LogP contribution is -2.38. The van der Waals surface area contributed by atoms with Gasteiger partial charge in [-0.3, -0.25) is 9.78 Å². The standard InChI is InChI=1S/C27H34N6O2/c1-6-7-22(34)32-10-8-18(9-11-32)25-17(4)24-20(13-28-25)31-26(23(24)16(2)3)19-12-21(35-5)27-29-15-30-33(27)14-19/h12-16,18,31H,6-11H2,1-5H3. The first-order valence-corrected chi connectivity index (χ1v) is 12.6. The van der Waals surface area contributed by atoms with E-state index < -0.39 is 0 Å². The number of piperidine rings is 1. The Morgan fingerprint density at radius 3 is 2.71 bits per heavy atom. The van der Waals surface area contributed by atoms with E-state index in [9.17, 15) is 4.79 Å². The average molecular weight is 475 g/mol. The topological polar surface area (TPSA) is 88.4 Å². The Balaban J connectivity index is 1.55. The zero-order chi connectivity index (χ0) is 24.7. The molecule has 1 amide bonds. The molecule has 8 nitrogen and oxygen atoms in total. The zero-order valence-corrected chi connectivity index (χ0v) is 21.3. The number of fused-ring (bicyclic) bond motifs is 2. The lowest BCUT2D eigenvalue weighted by atomic mass is 9.87. The number of pyridine rings is 2. The van der Waals surface area contributed by atoms with E-state index in [1.807, 2.05) is 23.4 Å². The first-order chi connectivity index (χ1) is 16.9. The van der Waals surface area contributed by atoms with Crippen molar-refractivity contribution in [3.05, 3.63) is 41.6 Å². The van der Waals surface area contributed by atoms with Gasteiger partial charge in [0.25, 0.3) is 0 Å². The molecule has 8 heteroatoms. The van der Waals surface area contributed by atoms with Crippen LogP contribution < -0.4 is 4.74 Å². The number of ether oxygens (including phenoxy) is 1. The second-order valence-electron chi connectivity index (χ2n) is 9.86. The van der Waals surface area contributed by atoms with Crippen LogP contribution >= 0.6 is 0 Å². The summed E-state index contributed by atoms with van der Waals surface area (Å²) < 4.78 is 7.37. The first kappa shape index (κ1) is 23.3. The van der Waals surface area contributed by atoms with Gasteiger partial charge in [-0.05, 0) is 49.3 Å². The van der Waals surface area contributed by atoms with E-state index in [1.165, 1.54) is 22.8 Å². The molecule has 184 valence electrons. The molecule has 0 saturated carbocycles. The Morgan fingerprint density at radius 2 is 2.03 bits per heavy atom. The highest BCUT2D eigenvalue weighted by molar-refractivity contribution is 5.94. The normalized spacial score (nSPS) is 15.0. The summed E-state index contributed by atoms with van der Waals surface area (Å²) >= 11 is 0. The largest absolute Gasteiger partial charge is 0.493 e. The van der Waals surface area contributed by atoms with Crippen LogP contribution in [0.25, 0.3) is 27.8 Å². The Hall–Kier alpha value is -3.42. The number of nitrogens with zero attached hydrogens (tertiary/aromatic N) is 5. The van der Waals surface area contributed by atoms with E-state index >= 15 is 0 Å². The van der Waals surface area contributed by atoms with Gasteiger partial charge in [0, 0.05) is 48.3 Å². The molecule has 1 N–H and O–H groups in total. The van der Waals surface area contributed by atoms with Gasteiger partial charge in [0.1, 0.15) is 6.33 Å². The zero-order valence-electron chi connectivity index (χ0n) is 21.3. The summed E-state index contributed by atoms with van der Waals surface area (Å²) in [6.07, 6.45) is 8.98. The highest BCUT2D eigenvalue weighted by atomic mass is 16.5. The second kappa shape index (κ2) is 9.32. The van der Waals surface area contributed by atoms with Crippen molar-refractivity contribution in [3.8, 4) is 17.0 Å². The minimum absolute atomic E-state index is 0.281. The minimum atomic E-state index is 0.281. The lowest BCUT2D eigenvalue weighted by Gasteiger charge is -2.32. The van der Waals surface area contributed by atoms with E-state index in [1.54, 1.807) is 11.6 Å². The maximum Gasteiger partial charge on any atom is 0.222 e. The molecule has 0 aliphatic carbocycles. The number of amides is 1. The Kier molecular flexibility index (Phi) is 6.21. The van der Waals surface area contributed by atoms with Crippen molar-refractivity contribution in [2.75, 3.05) is 20.2 Å². The number of carbonyl (C=O) groups is 1. The molecule has 1 aliphatic rings. The lowest BCUT2D eigenvalue weighted by molar-refractivity contribution is -0.132. The van der Waals surface area contributed by atoms with Crippen LogP contribution in [0.3, 0.4) is 0 Å². The van der Waals surface area contributed by atoms with E-state index in [4.69, 9.17) is 9.72 Å². The molecule has 4 aromatic rings. The quantitative estimate of drug-likeness (QED) is 0.414. The number of methoxy groups -OCH3 is 1. The van der Waals surface area contributed by atoms with Crippen molar-refractivity contribution in [1.29, 1.82) is 0 Å². The third-order valence-corrected chi connectivity index (χ3v) is 7.29. The fraction of sp³-hybridized carbons (Fsp3) is 0.481. The van der Waals surface area contributed by atoms with Crippen LogP contribution in [-0.4, -0.2) is 55.6 Å². The van der Waals surface area contributed by atoms with E-state index in [-0.39, 0.29) is 5.91 Å². The molecule has 4 aromatic heterocycles. The molecule has 0 atom stereocenters. The molecule has 0 radical (unpaired) electrons. The highest BCUT2D eigenvalue weighted by Crippen LogP contribution is 2.40. The van der Waals surface area contributed by atoms with Gasteiger partial charge >= 0.3 is 0 Å². The summed E-state index contributed by atoms with van der Waals surface area (Å²) in [4.78, 5) is 27.2. The van der Waals surface area contributed by atoms with Crippen LogP contribution in [0, 0.1) is 6.92 Å². The molecule has 0 spiro atoms. The van der Waals surface area contributed by atoms with Crippen molar-refractivity contribution < 1.29 is 9.53 Å². The SMILES string of the molecule is CCCC(=O)N1CCC(c2ncc3[nH]c(-c4cc(OC)c5ncnn5c4)c(C(C)C)c3c2C)CC1. The Morgan fingerprint density at radius 1 is 1.26 bits per heavy atom. The van der Waals surface area contributed by atoms with Crippen molar-refractivity contribution in [3.63, 3.8) is 0 Å². The van der Waals surface area contributed by atoms with Crippen molar-refractivity contribution >= 4 is 22.5 Å². The number of H-pyrrole nitrogens is 1. The first-order valence-electron chi connectivity index (χ1n) is 12.6. The molecule has 35 heavy (non-hydrogen) atoms. The predicted molar refractivity (Wildman–Crippen MR) is 137 cm³/mol. The third kappa shape index (κ3) is 4.05. The van der Waals surface area contributed by atoms with Gasteiger partial charge in [-0.15, -0.1) is 0 Å². The molecular formula is C27H34N6O2. The number of aryl methyl sites for hydroxylation is 1. The third-order valence-electron chi connectivity index (χ3n) is 7.29. The van der Waals surface area contributed by atoms with Gasteiger partial charge < -0.3 is 14.6 Å². The average Bonchev–Trinajstić information content (AvgIpc) is 3.49. The van der Waals surface area contributed by atoms with Crippen LogP contribution in [0.15, 0.2) is 24.8 Å². The van der Waals surface area contributed by atoms with Crippen molar-refractivity contribution in [1.82, 2.24) is 29.5 Å². The van der Waals surface area contributed by atoms with Crippen molar-refractivity contribution in [2.45, 2.75) is 65.2 Å². The minimum Gasteiger partial charge on any atom is -0.493 e. The number of hydrogen-bond acceptors (Lipinski definition) is 5. The summed E-state index contributed by atoms with van der Waals surface area (Å²) in [7, 11) is 1.66. The van der Waals surface area contributed by atoms with Gasteiger partial charge in [0.2, 0.25) is 5.91 Å². The molecule has 1 aliphatic heterocycles. The van der Waals surface area contributed by atoms with Gasteiger partial charge in [-0.2, -0.15) is 5.10 Å². The molecule has 5 rings (SSSR count). The predicted octanol–water partition coefficient (Wildman–Crippen LogP) is 5.22. The van der Waals surface area contributed by atoms with Crippen molar-refractivity contribution in [2.24, 2.45) is 0 Å². The molecule has 0 aromatic carbocycles. The van der Waals surface area contributed by atoms with E-state index in [2.05, 4.69) is 42.8 Å². The smallest absolute Gasteiger partial charge is 0.222 e. The number of carbonyl (C=O) groups excluding carboxylic acids is 1. The van der Waals surface area contributed by atoms with Crippen LogP contribution in [0.4, 0.5) is 0 Å².